The maximum absolute atomic E-state index is 13.2. The molecule has 1 aromatic carbocycles. The third kappa shape index (κ3) is 21.1. The van der Waals surface area contributed by atoms with Crippen LogP contribution in [-0.2, 0) is 39.9 Å². The summed E-state index contributed by atoms with van der Waals surface area (Å²) in [5.41, 5.74) is 4.28. The lowest BCUT2D eigenvalue weighted by molar-refractivity contribution is -0.159. The van der Waals surface area contributed by atoms with Crippen LogP contribution in [0.4, 0.5) is 4.79 Å². The Morgan fingerprint density at radius 1 is 0.673 bits per heavy atom. The molecule has 0 radical (unpaired) electrons. The number of nitrogens with zero attached hydrogens (tertiary/aromatic N) is 1. The first-order valence-electron chi connectivity index (χ1n) is 17.5. The van der Waals surface area contributed by atoms with E-state index in [1.807, 2.05) is 35.2 Å². The summed E-state index contributed by atoms with van der Waals surface area (Å²) in [6.45, 7) is 17.1. The predicted molar refractivity (Wildman–Crippen MR) is 189 cm³/mol. The van der Waals surface area contributed by atoms with Crippen LogP contribution < -0.4 is 16.4 Å². The Labute approximate surface area is 293 Å². The van der Waals surface area contributed by atoms with Gasteiger partial charge in [0, 0.05) is 25.9 Å². The number of carbonyl (C=O) groups is 5. The third-order valence-corrected chi connectivity index (χ3v) is 6.88. The fourth-order valence-electron chi connectivity index (χ4n) is 4.76. The van der Waals surface area contributed by atoms with Crippen molar-refractivity contribution in [2.45, 2.75) is 156 Å². The van der Waals surface area contributed by atoms with E-state index in [9.17, 15) is 24.0 Å². The van der Waals surface area contributed by atoms with Gasteiger partial charge in [0.05, 0.1) is 0 Å². The van der Waals surface area contributed by atoms with E-state index < -0.39 is 52.8 Å². The maximum atomic E-state index is 13.2. The summed E-state index contributed by atoms with van der Waals surface area (Å²) in [4.78, 5) is 66.8. The van der Waals surface area contributed by atoms with Crippen LogP contribution >= 0.6 is 0 Å². The average Bonchev–Trinajstić information content (AvgIpc) is 2.96. The van der Waals surface area contributed by atoms with Crippen LogP contribution in [0.5, 0.6) is 0 Å². The van der Waals surface area contributed by atoms with Crippen molar-refractivity contribution >= 4 is 29.8 Å². The Kier molecular flexibility index (Phi) is 18.4. The summed E-state index contributed by atoms with van der Waals surface area (Å²) in [6.07, 6.45) is 4.09. The lowest BCUT2D eigenvalue weighted by atomic mass is 10.1. The van der Waals surface area contributed by atoms with Crippen molar-refractivity contribution in [1.82, 2.24) is 15.5 Å². The number of amides is 3. The molecule has 0 heterocycles. The highest BCUT2D eigenvalue weighted by molar-refractivity contribution is 5.87. The van der Waals surface area contributed by atoms with Crippen LogP contribution in [-0.4, -0.2) is 76.7 Å². The fourth-order valence-corrected chi connectivity index (χ4v) is 4.76. The van der Waals surface area contributed by atoms with Crippen LogP contribution in [0, 0.1) is 0 Å². The first-order valence-corrected chi connectivity index (χ1v) is 17.5. The van der Waals surface area contributed by atoms with Crippen molar-refractivity contribution in [2.24, 2.45) is 5.73 Å². The van der Waals surface area contributed by atoms with Crippen LogP contribution in [0.3, 0.4) is 0 Å². The zero-order chi connectivity index (χ0) is 37.3. The van der Waals surface area contributed by atoms with Gasteiger partial charge in [-0.1, -0.05) is 36.8 Å². The molecular formula is C37H62N4O8. The maximum Gasteiger partial charge on any atom is 0.329 e. The molecule has 0 aliphatic carbocycles. The third-order valence-electron chi connectivity index (χ3n) is 6.88. The summed E-state index contributed by atoms with van der Waals surface area (Å²) in [7, 11) is 0. The standard InChI is InChI=1S/C37H62N4O8/c1-35(2,3)47-31(43)23-22-29(33(45)49-37(7,8)9)40-34(46)39-28(32(44)48-36(4,5)6)20-15-17-25-41(26-27-18-12-10-13-19-27)30(42)21-14-11-16-24-38/h10,12-13,18-19,28-29H,11,14-17,20-26,38H2,1-9H3,(H2,39,40,46)/t28-,29-/m0/s1. The average molecular weight is 691 g/mol. The number of carbonyl (C=O) groups excluding carboxylic acids is 5. The lowest BCUT2D eigenvalue weighted by Gasteiger charge is -2.27. The number of urea groups is 1. The SMILES string of the molecule is CC(C)(C)OC(=O)CC[C@H](NC(=O)N[C@@H](CCCCN(Cc1ccccc1)C(=O)CCCCCN)C(=O)OC(C)(C)C)C(=O)OC(C)(C)C. The van der Waals surface area contributed by atoms with Crippen LogP contribution in [0.25, 0.3) is 0 Å². The van der Waals surface area contributed by atoms with Gasteiger partial charge in [0.25, 0.3) is 0 Å². The Morgan fingerprint density at radius 3 is 1.71 bits per heavy atom. The molecule has 0 unspecified atom stereocenters. The van der Waals surface area contributed by atoms with E-state index in [1.165, 1.54) is 0 Å². The minimum absolute atomic E-state index is 0.0571. The zero-order valence-electron chi connectivity index (χ0n) is 31.3. The van der Waals surface area contributed by atoms with Gasteiger partial charge in [-0.3, -0.25) is 9.59 Å². The molecule has 4 N–H and O–H groups in total. The van der Waals surface area contributed by atoms with E-state index >= 15 is 0 Å². The minimum Gasteiger partial charge on any atom is -0.460 e. The molecule has 278 valence electrons. The van der Waals surface area contributed by atoms with Gasteiger partial charge in [-0.05, 0) is 113 Å². The molecule has 0 bridgehead atoms. The fraction of sp³-hybridized carbons (Fsp3) is 0.703. The number of nitrogens with one attached hydrogen (secondary N) is 2. The van der Waals surface area contributed by atoms with E-state index in [0.29, 0.717) is 38.9 Å². The number of esters is 3. The van der Waals surface area contributed by atoms with Gasteiger partial charge >= 0.3 is 23.9 Å². The molecule has 12 heteroatoms. The monoisotopic (exact) mass is 690 g/mol. The van der Waals surface area contributed by atoms with Gasteiger partial charge in [-0.25, -0.2) is 14.4 Å². The molecule has 0 spiro atoms. The number of rotatable bonds is 19. The largest absolute Gasteiger partial charge is 0.460 e. The highest BCUT2D eigenvalue weighted by Crippen LogP contribution is 2.16. The van der Waals surface area contributed by atoms with Gasteiger partial charge in [0.15, 0.2) is 0 Å². The van der Waals surface area contributed by atoms with Gasteiger partial charge < -0.3 is 35.5 Å². The summed E-state index contributed by atoms with van der Waals surface area (Å²) in [5, 5.41) is 5.25. The van der Waals surface area contributed by atoms with E-state index in [1.54, 1.807) is 62.3 Å². The zero-order valence-corrected chi connectivity index (χ0v) is 31.3. The number of ether oxygens (including phenoxy) is 3. The van der Waals surface area contributed by atoms with Crippen molar-refractivity contribution < 1.29 is 38.2 Å². The topological polar surface area (TPSA) is 166 Å². The van der Waals surface area contributed by atoms with Gasteiger partial charge in [0.2, 0.25) is 5.91 Å². The Morgan fingerprint density at radius 2 is 1.20 bits per heavy atom. The second kappa shape index (κ2) is 20.8. The van der Waals surface area contributed by atoms with Crippen LogP contribution in [0.1, 0.15) is 126 Å². The summed E-state index contributed by atoms with van der Waals surface area (Å²) < 4.78 is 16.4. The molecule has 1 rings (SSSR count). The molecular weight excluding hydrogens is 628 g/mol. The number of hydrogen-bond donors (Lipinski definition) is 3. The van der Waals surface area contributed by atoms with Crippen LogP contribution in [0.2, 0.25) is 0 Å². The van der Waals surface area contributed by atoms with E-state index in [-0.39, 0.29) is 25.2 Å². The smallest absolute Gasteiger partial charge is 0.329 e. The molecule has 0 aromatic heterocycles. The Hall–Kier alpha value is -3.67. The van der Waals surface area contributed by atoms with Gasteiger partial charge in [0.1, 0.15) is 28.9 Å². The van der Waals surface area contributed by atoms with Gasteiger partial charge in [-0.2, -0.15) is 0 Å². The molecule has 2 atom stereocenters. The highest BCUT2D eigenvalue weighted by Gasteiger charge is 2.31. The van der Waals surface area contributed by atoms with Crippen LogP contribution in [0.15, 0.2) is 30.3 Å². The van der Waals surface area contributed by atoms with E-state index in [4.69, 9.17) is 19.9 Å². The number of unbranched alkanes of at least 4 members (excludes halogenated alkanes) is 3. The molecule has 0 aliphatic heterocycles. The lowest BCUT2D eigenvalue weighted by Crippen LogP contribution is -2.53. The summed E-state index contributed by atoms with van der Waals surface area (Å²) in [5.74, 6) is -1.81. The van der Waals surface area contributed by atoms with Crippen molar-refractivity contribution in [3.8, 4) is 0 Å². The molecule has 0 saturated heterocycles. The van der Waals surface area contributed by atoms with Gasteiger partial charge in [-0.15, -0.1) is 0 Å². The molecule has 12 nitrogen and oxygen atoms in total. The second-order valence-electron chi connectivity index (χ2n) is 15.3. The van der Waals surface area contributed by atoms with E-state index in [2.05, 4.69) is 10.6 Å². The predicted octanol–water partition coefficient (Wildman–Crippen LogP) is 5.55. The van der Waals surface area contributed by atoms with Crippen molar-refractivity contribution in [3.05, 3.63) is 35.9 Å². The number of benzene rings is 1. The summed E-state index contributed by atoms with van der Waals surface area (Å²) >= 11 is 0. The highest BCUT2D eigenvalue weighted by atomic mass is 16.6. The molecule has 0 saturated carbocycles. The van der Waals surface area contributed by atoms with Crippen molar-refractivity contribution in [2.75, 3.05) is 13.1 Å². The first kappa shape index (κ1) is 43.4. The van der Waals surface area contributed by atoms with Crippen molar-refractivity contribution in [1.29, 1.82) is 0 Å². The number of nitrogens with two attached hydrogens (primary N) is 1. The molecule has 0 aliphatic rings. The number of hydrogen-bond acceptors (Lipinski definition) is 9. The quantitative estimate of drug-likeness (QED) is 0.0959. The Balaban J connectivity index is 3.00. The van der Waals surface area contributed by atoms with Crippen molar-refractivity contribution in [3.63, 3.8) is 0 Å². The molecule has 1 aromatic rings. The molecule has 0 fully saturated rings. The normalized spacial score (nSPS) is 13.1. The second-order valence-corrected chi connectivity index (χ2v) is 15.3. The minimum atomic E-state index is -1.17. The first-order chi connectivity index (χ1) is 22.7. The Bertz CT molecular complexity index is 1190. The molecule has 3 amide bonds. The van der Waals surface area contributed by atoms with E-state index in [0.717, 1.165) is 24.8 Å². The molecule has 49 heavy (non-hydrogen) atoms. The summed E-state index contributed by atoms with van der Waals surface area (Å²) in [6, 6.07) is 6.78.